The quantitative estimate of drug-likeness (QED) is 0.147. The number of carbonyl (C=O) groups is 2. The molecule has 2 N–H and O–H groups in total. The maximum atomic E-state index is 14.8. The van der Waals surface area contributed by atoms with Gasteiger partial charge in [0.2, 0.25) is 5.91 Å². The zero-order valence-corrected chi connectivity index (χ0v) is 29.0. The number of hydrogen-bond donors (Lipinski definition) is 2. The van der Waals surface area contributed by atoms with Crippen LogP contribution in [0.5, 0.6) is 11.5 Å². The predicted octanol–water partition coefficient (Wildman–Crippen LogP) is 7.17. The Morgan fingerprint density at radius 2 is 1.80 bits per heavy atom. The van der Waals surface area contributed by atoms with Gasteiger partial charge in [-0.25, -0.2) is 8.78 Å². The normalized spacial score (nSPS) is 20.2. The van der Waals surface area contributed by atoms with Gasteiger partial charge in [0, 0.05) is 43.7 Å². The molecule has 2 amide bonds. The molecule has 6 rings (SSSR count). The third-order valence-electron chi connectivity index (χ3n) is 9.98. The van der Waals surface area contributed by atoms with Gasteiger partial charge in [-0.05, 0) is 104 Å². The lowest BCUT2D eigenvalue weighted by Crippen LogP contribution is -2.54. The minimum absolute atomic E-state index is 0.0404. The van der Waals surface area contributed by atoms with Crippen molar-refractivity contribution < 1.29 is 27.8 Å². The number of benzene rings is 3. The topological polar surface area (TPSA) is 79.9 Å². The van der Waals surface area contributed by atoms with Crippen LogP contribution in [0.15, 0.2) is 60.2 Å². The van der Waals surface area contributed by atoms with Crippen molar-refractivity contribution in [3.63, 3.8) is 0 Å². The van der Waals surface area contributed by atoms with E-state index >= 15 is 0 Å². The summed E-state index contributed by atoms with van der Waals surface area (Å²) < 4.78 is 38.9. The number of hydrogen-bond acceptors (Lipinski definition) is 5. The maximum absolute atomic E-state index is 14.8. The van der Waals surface area contributed by atoms with Gasteiger partial charge in [-0.3, -0.25) is 9.59 Å². The SMILES string of the molecule is COc1cccc(CN(C(=O)C2=C(c3ccc(CCCOc4c(F)ccc(F)c4Cl)cc3)C[C@@H]3CC(CNC(C)=O)C[C@H]2N3)C2CC2)c1C. The molecule has 7 nitrogen and oxygen atoms in total. The summed E-state index contributed by atoms with van der Waals surface area (Å²) in [5.41, 5.74) is 6.12. The van der Waals surface area contributed by atoms with Crippen molar-refractivity contribution in [2.75, 3.05) is 20.3 Å². The smallest absolute Gasteiger partial charge is 0.252 e. The number of aryl methyl sites for hydroxylation is 1. The first kappa shape index (κ1) is 34.9. The Bertz CT molecular complexity index is 1730. The molecule has 1 saturated carbocycles. The maximum Gasteiger partial charge on any atom is 0.252 e. The van der Waals surface area contributed by atoms with Gasteiger partial charge in [-0.2, -0.15) is 0 Å². The summed E-state index contributed by atoms with van der Waals surface area (Å²) in [4.78, 5) is 28.6. The van der Waals surface area contributed by atoms with Gasteiger partial charge < -0.3 is 25.0 Å². The molecule has 1 aliphatic carbocycles. The molecule has 0 aromatic heterocycles. The van der Waals surface area contributed by atoms with Crippen molar-refractivity contribution in [2.24, 2.45) is 5.92 Å². The number of ether oxygens (including phenoxy) is 2. The molecule has 10 heteroatoms. The first-order chi connectivity index (χ1) is 23.6. The molecular formula is C39H44ClF2N3O4. The number of amides is 2. The molecule has 2 bridgehead atoms. The molecule has 1 saturated heterocycles. The molecule has 2 fully saturated rings. The molecule has 2 heterocycles. The molecule has 3 aliphatic rings. The Balaban J connectivity index is 1.24. The van der Waals surface area contributed by atoms with Gasteiger partial charge in [-0.1, -0.05) is 48.0 Å². The average Bonchev–Trinajstić information content (AvgIpc) is 3.93. The minimum atomic E-state index is -0.721. The van der Waals surface area contributed by atoms with Crippen LogP contribution in [-0.4, -0.2) is 55.1 Å². The standard InChI is InChI=1S/C39H44ClF2N3O4/c1-23-28(7-4-8-35(23)48-3)22-45(30-13-14-30)39(47)36-31(20-29-18-26(19-34(36)44-29)21-43-24(2)46)27-11-9-25(10-12-27)6-5-17-49-38-33(42)16-15-32(41)37(38)40/h4,7-12,15-16,26,29-30,34,44H,5-6,13-14,17-22H2,1-3H3,(H,43,46)/t26?,29-,34+/m0/s1. The second-order valence-corrected chi connectivity index (χ2v) is 13.9. The highest BCUT2D eigenvalue weighted by Gasteiger charge is 2.43. The average molecular weight is 692 g/mol. The number of piperidine rings is 1. The zero-order valence-electron chi connectivity index (χ0n) is 28.3. The third kappa shape index (κ3) is 8.10. The largest absolute Gasteiger partial charge is 0.496 e. The molecule has 0 spiro atoms. The summed E-state index contributed by atoms with van der Waals surface area (Å²) in [6, 6.07) is 16.6. The molecule has 3 aromatic rings. The molecular weight excluding hydrogens is 648 g/mol. The van der Waals surface area contributed by atoms with Gasteiger partial charge >= 0.3 is 0 Å². The first-order valence-corrected chi connectivity index (χ1v) is 17.5. The molecule has 3 aromatic carbocycles. The highest BCUT2D eigenvalue weighted by atomic mass is 35.5. The van der Waals surface area contributed by atoms with E-state index < -0.39 is 11.6 Å². The van der Waals surface area contributed by atoms with Crippen LogP contribution in [0.4, 0.5) is 8.78 Å². The predicted molar refractivity (Wildman–Crippen MR) is 187 cm³/mol. The van der Waals surface area contributed by atoms with Gasteiger partial charge in [0.15, 0.2) is 11.6 Å². The Kier molecular flexibility index (Phi) is 10.9. The van der Waals surface area contributed by atoms with E-state index in [1.807, 2.05) is 19.1 Å². The first-order valence-electron chi connectivity index (χ1n) is 17.2. The summed E-state index contributed by atoms with van der Waals surface area (Å²) in [7, 11) is 1.67. The second kappa shape index (κ2) is 15.3. The van der Waals surface area contributed by atoms with Gasteiger partial charge in [0.1, 0.15) is 16.6 Å². The fraction of sp³-hybridized carbons (Fsp3) is 0.436. The van der Waals surface area contributed by atoms with E-state index in [1.54, 1.807) is 14.0 Å². The number of fused-ring (bicyclic) bond motifs is 2. The van der Waals surface area contributed by atoms with Gasteiger partial charge in [0.05, 0.1) is 13.7 Å². The number of methoxy groups -OCH3 is 1. The summed E-state index contributed by atoms with van der Waals surface area (Å²) in [5, 5.41) is 6.41. The zero-order chi connectivity index (χ0) is 34.7. The van der Waals surface area contributed by atoms with Crippen LogP contribution >= 0.6 is 11.6 Å². The van der Waals surface area contributed by atoms with Crippen molar-refractivity contribution in [2.45, 2.75) is 83.5 Å². The van der Waals surface area contributed by atoms with Crippen LogP contribution < -0.4 is 20.1 Å². The van der Waals surface area contributed by atoms with E-state index in [-0.39, 0.29) is 53.2 Å². The Labute approximate surface area is 292 Å². The fourth-order valence-corrected chi connectivity index (χ4v) is 7.48. The van der Waals surface area contributed by atoms with Crippen molar-refractivity contribution in [3.8, 4) is 11.5 Å². The van der Waals surface area contributed by atoms with E-state index in [1.165, 1.54) is 0 Å². The van der Waals surface area contributed by atoms with Crippen molar-refractivity contribution in [1.82, 2.24) is 15.5 Å². The lowest BCUT2D eigenvalue weighted by Gasteiger charge is -2.43. The molecule has 0 radical (unpaired) electrons. The second-order valence-electron chi connectivity index (χ2n) is 13.5. The van der Waals surface area contributed by atoms with Crippen molar-refractivity contribution in [3.05, 3.63) is 99.1 Å². The van der Waals surface area contributed by atoms with E-state index in [4.69, 9.17) is 21.1 Å². The summed E-state index contributed by atoms with van der Waals surface area (Å²) in [6.45, 7) is 4.88. The van der Waals surface area contributed by atoms with Gasteiger partial charge in [-0.15, -0.1) is 0 Å². The Morgan fingerprint density at radius 1 is 1.04 bits per heavy atom. The number of halogens is 3. The van der Waals surface area contributed by atoms with E-state index in [0.717, 1.165) is 83.4 Å². The van der Waals surface area contributed by atoms with Crippen molar-refractivity contribution >= 4 is 29.0 Å². The van der Waals surface area contributed by atoms with Crippen molar-refractivity contribution in [1.29, 1.82) is 0 Å². The minimum Gasteiger partial charge on any atom is -0.496 e. The highest BCUT2D eigenvalue weighted by molar-refractivity contribution is 6.32. The molecule has 2 aliphatic heterocycles. The number of rotatable bonds is 13. The summed E-state index contributed by atoms with van der Waals surface area (Å²) in [6.07, 6.45) is 5.64. The highest BCUT2D eigenvalue weighted by Crippen LogP contribution is 2.41. The Morgan fingerprint density at radius 3 is 2.51 bits per heavy atom. The molecule has 49 heavy (non-hydrogen) atoms. The van der Waals surface area contributed by atoms with E-state index in [0.29, 0.717) is 25.9 Å². The third-order valence-corrected chi connectivity index (χ3v) is 10.3. The van der Waals surface area contributed by atoms with Crippen LogP contribution in [0.2, 0.25) is 5.02 Å². The van der Waals surface area contributed by atoms with Gasteiger partial charge in [0.25, 0.3) is 5.91 Å². The Hall–Kier alpha value is -3.95. The molecule has 3 atom stereocenters. The van der Waals surface area contributed by atoms with Crippen LogP contribution in [0.3, 0.4) is 0 Å². The van der Waals surface area contributed by atoms with Crippen LogP contribution in [0, 0.1) is 24.5 Å². The van der Waals surface area contributed by atoms with Crippen LogP contribution in [0.25, 0.3) is 5.57 Å². The van der Waals surface area contributed by atoms with Crippen LogP contribution in [0.1, 0.15) is 67.7 Å². The van der Waals surface area contributed by atoms with Crippen LogP contribution in [-0.2, 0) is 22.6 Å². The molecule has 260 valence electrons. The monoisotopic (exact) mass is 691 g/mol. The lowest BCUT2D eigenvalue weighted by atomic mass is 9.74. The number of carbonyl (C=O) groups excluding carboxylic acids is 2. The number of nitrogens with one attached hydrogen (secondary N) is 2. The fourth-order valence-electron chi connectivity index (χ4n) is 7.28. The summed E-state index contributed by atoms with van der Waals surface area (Å²) in [5.74, 6) is -0.559. The lowest BCUT2D eigenvalue weighted by molar-refractivity contribution is -0.129. The molecule has 1 unspecified atom stereocenters. The van der Waals surface area contributed by atoms with E-state index in [9.17, 15) is 18.4 Å². The van der Waals surface area contributed by atoms with E-state index in [2.05, 4.69) is 45.9 Å². The summed E-state index contributed by atoms with van der Waals surface area (Å²) >= 11 is 5.89. The number of nitrogens with zero attached hydrogens (tertiary/aromatic N) is 1.